The number of rotatable bonds is 2. The highest BCUT2D eigenvalue weighted by Crippen LogP contribution is 2.27. The number of carboxylic acid groups (broad SMARTS) is 1. The van der Waals surface area contributed by atoms with Crippen molar-refractivity contribution in [2.45, 2.75) is 13.3 Å². The lowest BCUT2D eigenvalue weighted by atomic mass is 10.1. The number of alkyl halides is 2. The van der Waals surface area contributed by atoms with E-state index in [1.54, 1.807) is 0 Å². The quantitative estimate of drug-likeness (QED) is 0.781. The zero-order valence-electron chi connectivity index (χ0n) is 7.09. The normalized spacial score (nSPS) is 10.6. The van der Waals surface area contributed by atoms with E-state index in [9.17, 15) is 13.6 Å². The predicted molar refractivity (Wildman–Crippen MR) is 45.9 cm³/mol. The molecule has 0 aromatic carbocycles. The number of nitrogens with zero attached hydrogens (tertiary/aromatic N) is 1. The Morgan fingerprint density at radius 3 is 2.64 bits per heavy atom. The molecule has 1 N–H and O–H groups in total. The number of carboxylic acids is 1. The summed E-state index contributed by atoms with van der Waals surface area (Å²) in [6.07, 6.45) is -2.09. The number of carbonyl (C=O) groups is 1. The van der Waals surface area contributed by atoms with Gasteiger partial charge in [0.15, 0.2) is 0 Å². The van der Waals surface area contributed by atoms with Crippen LogP contribution in [0.1, 0.15) is 27.9 Å². The molecule has 0 bridgehead atoms. The molecule has 0 spiro atoms. The first-order chi connectivity index (χ1) is 6.45. The molecule has 0 aliphatic heterocycles. The lowest BCUT2D eigenvalue weighted by molar-refractivity contribution is 0.0683. The van der Waals surface area contributed by atoms with Gasteiger partial charge in [-0.1, -0.05) is 11.6 Å². The van der Waals surface area contributed by atoms with Crippen molar-refractivity contribution < 1.29 is 18.7 Å². The predicted octanol–water partition coefficient (Wildman–Crippen LogP) is 2.68. The molecule has 0 fully saturated rings. The van der Waals surface area contributed by atoms with E-state index in [1.165, 1.54) is 6.92 Å². The fourth-order valence-corrected chi connectivity index (χ4v) is 1.20. The zero-order chi connectivity index (χ0) is 10.9. The SMILES string of the molecule is Cc1c(Cl)ncc(C(F)F)c1C(=O)O. The number of pyridine rings is 1. The maximum absolute atomic E-state index is 12.4. The van der Waals surface area contributed by atoms with Gasteiger partial charge in [-0.3, -0.25) is 0 Å². The van der Waals surface area contributed by atoms with Crippen LogP contribution < -0.4 is 0 Å². The molecule has 0 saturated carbocycles. The van der Waals surface area contributed by atoms with Gasteiger partial charge in [-0.05, 0) is 6.92 Å². The van der Waals surface area contributed by atoms with Crippen molar-refractivity contribution in [3.8, 4) is 0 Å². The number of hydrogen-bond donors (Lipinski definition) is 1. The van der Waals surface area contributed by atoms with Gasteiger partial charge in [0.2, 0.25) is 0 Å². The average Bonchev–Trinajstić information content (AvgIpc) is 2.08. The van der Waals surface area contributed by atoms with E-state index in [0.29, 0.717) is 0 Å². The maximum atomic E-state index is 12.4. The molecule has 3 nitrogen and oxygen atoms in total. The first kappa shape index (κ1) is 10.8. The van der Waals surface area contributed by atoms with Gasteiger partial charge in [0.05, 0.1) is 11.1 Å². The Morgan fingerprint density at radius 1 is 1.64 bits per heavy atom. The monoisotopic (exact) mass is 221 g/mol. The molecule has 0 saturated heterocycles. The van der Waals surface area contributed by atoms with Crippen molar-refractivity contribution in [3.05, 3.63) is 28.0 Å². The van der Waals surface area contributed by atoms with Gasteiger partial charge in [0, 0.05) is 11.8 Å². The molecule has 76 valence electrons. The van der Waals surface area contributed by atoms with Gasteiger partial charge >= 0.3 is 5.97 Å². The third-order valence-electron chi connectivity index (χ3n) is 1.74. The Balaban J connectivity index is 3.45. The summed E-state index contributed by atoms with van der Waals surface area (Å²) in [6, 6.07) is 0. The van der Waals surface area contributed by atoms with Gasteiger partial charge < -0.3 is 5.11 Å². The van der Waals surface area contributed by atoms with Gasteiger partial charge in [-0.2, -0.15) is 0 Å². The summed E-state index contributed by atoms with van der Waals surface area (Å²) in [5, 5.41) is 8.62. The van der Waals surface area contributed by atoms with E-state index in [1.807, 2.05) is 0 Å². The number of halogens is 3. The van der Waals surface area contributed by atoms with Crippen LogP contribution in [0.25, 0.3) is 0 Å². The topological polar surface area (TPSA) is 50.2 Å². The lowest BCUT2D eigenvalue weighted by Crippen LogP contribution is -2.07. The van der Waals surface area contributed by atoms with Gasteiger partial charge in [-0.25, -0.2) is 18.6 Å². The summed E-state index contributed by atoms with van der Waals surface area (Å²) in [6.45, 7) is 1.34. The van der Waals surface area contributed by atoms with Crippen LogP contribution >= 0.6 is 11.6 Å². The third-order valence-corrected chi connectivity index (χ3v) is 2.12. The molecular formula is C8H6ClF2NO2. The summed E-state index contributed by atoms with van der Waals surface area (Å²) in [5.74, 6) is -1.43. The zero-order valence-corrected chi connectivity index (χ0v) is 7.85. The van der Waals surface area contributed by atoms with Crippen LogP contribution in [0.15, 0.2) is 6.20 Å². The minimum Gasteiger partial charge on any atom is -0.478 e. The van der Waals surface area contributed by atoms with Crippen molar-refractivity contribution in [1.82, 2.24) is 4.98 Å². The van der Waals surface area contributed by atoms with Crippen LogP contribution in [0.2, 0.25) is 5.15 Å². The van der Waals surface area contributed by atoms with Gasteiger partial charge in [-0.15, -0.1) is 0 Å². The Kier molecular flexibility index (Phi) is 3.00. The van der Waals surface area contributed by atoms with Crippen LogP contribution in [-0.4, -0.2) is 16.1 Å². The number of aromatic nitrogens is 1. The highest BCUT2D eigenvalue weighted by atomic mass is 35.5. The van der Waals surface area contributed by atoms with E-state index in [0.717, 1.165) is 6.20 Å². The van der Waals surface area contributed by atoms with Crippen LogP contribution in [0.3, 0.4) is 0 Å². The van der Waals surface area contributed by atoms with Crippen LogP contribution in [-0.2, 0) is 0 Å². The van der Waals surface area contributed by atoms with Crippen LogP contribution in [0.4, 0.5) is 8.78 Å². The highest BCUT2D eigenvalue weighted by molar-refractivity contribution is 6.30. The summed E-state index contributed by atoms with van der Waals surface area (Å²) >= 11 is 5.52. The molecule has 0 unspecified atom stereocenters. The Morgan fingerprint density at radius 2 is 2.21 bits per heavy atom. The fourth-order valence-electron chi connectivity index (χ4n) is 1.06. The Bertz CT molecular complexity index is 382. The molecule has 1 aromatic rings. The van der Waals surface area contributed by atoms with Gasteiger partial charge in [0.25, 0.3) is 6.43 Å². The molecule has 0 aliphatic rings. The van der Waals surface area contributed by atoms with E-state index in [2.05, 4.69) is 4.98 Å². The first-order valence-electron chi connectivity index (χ1n) is 3.61. The molecule has 1 rings (SSSR count). The molecule has 1 heterocycles. The molecule has 14 heavy (non-hydrogen) atoms. The Labute approximate surface area is 83.3 Å². The fraction of sp³-hybridized carbons (Fsp3) is 0.250. The molecule has 0 amide bonds. The van der Waals surface area contributed by atoms with E-state index in [4.69, 9.17) is 16.7 Å². The standard InChI is InChI=1S/C8H6ClF2NO2/c1-3-5(8(13)14)4(7(10)11)2-12-6(3)9/h2,7H,1H3,(H,13,14). The summed E-state index contributed by atoms with van der Waals surface area (Å²) in [7, 11) is 0. The van der Waals surface area contributed by atoms with Crippen molar-refractivity contribution in [2.24, 2.45) is 0 Å². The van der Waals surface area contributed by atoms with Crippen molar-refractivity contribution in [3.63, 3.8) is 0 Å². The number of hydrogen-bond acceptors (Lipinski definition) is 2. The first-order valence-corrected chi connectivity index (χ1v) is 3.99. The van der Waals surface area contributed by atoms with E-state index >= 15 is 0 Å². The largest absolute Gasteiger partial charge is 0.478 e. The van der Waals surface area contributed by atoms with Crippen molar-refractivity contribution in [2.75, 3.05) is 0 Å². The molecule has 1 aromatic heterocycles. The van der Waals surface area contributed by atoms with E-state index < -0.39 is 23.5 Å². The third kappa shape index (κ3) is 1.82. The van der Waals surface area contributed by atoms with Crippen molar-refractivity contribution in [1.29, 1.82) is 0 Å². The second kappa shape index (κ2) is 3.88. The average molecular weight is 222 g/mol. The second-order valence-corrected chi connectivity index (χ2v) is 2.97. The summed E-state index contributed by atoms with van der Waals surface area (Å²) < 4.78 is 24.7. The van der Waals surface area contributed by atoms with Crippen LogP contribution in [0.5, 0.6) is 0 Å². The Hall–Kier alpha value is -1.23. The smallest absolute Gasteiger partial charge is 0.336 e. The lowest BCUT2D eigenvalue weighted by Gasteiger charge is -2.08. The summed E-state index contributed by atoms with van der Waals surface area (Å²) in [5.41, 5.74) is -1.03. The van der Waals surface area contributed by atoms with Crippen molar-refractivity contribution >= 4 is 17.6 Å². The maximum Gasteiger partial charge on any atom is 0.336 e. The molecular weight excluding hydrogens is 216 g/mol. The second-order valence-electron chi connectivity index (χ2n) is 2.61. The highest BCUT2D eigenvalue weighted by Gasteiger charge is 2.22. The molecule has 0 radical (unpaired) electrons. The minimum absolute atomic E-state index is 0.0527. The number of aromatic carboxylic acids is 1. The van der Waals surface area contributed by atoms with Crippen LogP contribution in [0, 0.1) is 6.92 Å². The molecule has 0 aliphatic carbocycles. The minimum atomic E-state index is -2.87. The van der Waals surface area contributed by atoms with E-state index in [-0.39, 0.29) is 10.7 Å². The molecule has 0 atom stereocenters. The summed E-state index contributed by atoms with van der Waals surface area (Å²) in [4.78, 5) is 14.1. The molecule has 6 heteroatoms. The van der Waals surface area contributed by atoms with Gasteiger partial charge in [0.1, 0.15) is 5.15 Å².